The predicted octanol–water partition coefficient (Wildman–Crippen LogP) is 3.46. The molecule has 1 aliphatic carbocycles. The molecule has 0 saturated heterocycles. The minimum Gasteiger partial charge on any atom is -0.467 e. The number of furan rings is 1. The quantitative estimate of drug-likeness (QED) is 0.888. The Morgan fingerprint density at radius 1 is 1.43 bits per heavy atom. The van der Waals surface area contributed by atoms with Crippen LogP contribution in [0.3, 0.4) is 0 Å². The average Bonchev–Trinajstić information content (AvgIpc) is 3.21. The Labute approximate surface area is 136 Å². The summed E-state index contributed by atoms with van der Waals surface area (Å²) in [6.45, 7) is 4.59. The fourth-order valence-electron chi connectivity index (χ4n) is 2.73. The molecule has 0 bridgehead atoms. The zero-order valence-corrected chi connectivity index (χ0v) is 13.7. The van der Waals surface area contributed by atoms with Crippen molar-refractivity contribution in [2.45, 2.75) is 45.2 Å². The summed E-state index contributed by atoms with van der Waals surface area (Å²) in [5.41, 5.74) is 2.14. The van der Waals surface area contributed by atoms with Crippen LogP contribution in [0, 0.1) is 6.92 Å². The lowest BCUT2D eigenvalue weighted by molar-refractivity contribution is 0.166. The predicted molar refractivity (Wildman–Crippen MR) is 88.1 cm³/mol. The molecule has 1 aliphatic rings. The molecule has 3 rings (SSSR count). The van der Waals surface area contributed by atoms with E-state index in [1.165, 1.54) is 0 Å². The summed E-state index contributed by atoms with van der Waals surface area (Å²) < 4.78 is 5.46. The van der Waals surface area contributed by atoms with Crippen LogP contribution in [0.25, 0.3) is 0 Å². The number of hydrogen-bond donors (Lipinski definition) is 1. The van der Waals surface area contributed by atoms with E-state index in [2.05, 4.69) is 16.4 Å². The van der Waals surface area contributed by atoms with Gasteiger partial charge in [0.05, 0.1) is 12.3 Å². The van der Waals surface area contributed by atoms with Gasteiger partial charge in [-0.1, -0.05) is 6.07 Å². The number of rotatable bonds is 6. The highest BCUT2D eigenvalue weighted by molar-refractivity contribution is 5.75. The van der Waals surface area contributed by atoms with E-state index >= 15 is 0 Å². The number of nitrogens with one attached hydrogen (secondary N) is 1. The fraction of sp³-hybridized carbons (Fsp3) is 0.444. The number of aryl methyl sites for hydroxylation is 1. The highest BCUT2D eigenvalue weighted by atomic mass is 16.3. The van der Waals surface area contributed by atoms with Crippen molar-refractivity contribution in [1.82, 2.24) is 15.2 Å². The maximum atomic E-state index is 12.6. The molecule has 1 saturated carbocycles. The van der Waals surface area contributed by atoms with E-state index in [0.29, 0.717) is 12.6 Å². The largest absolute Gasteiger partial charge is 0.467 e. The molecule has 2 heterocycles. The first-order valence-electron chi connectivity index (χ1n) is 8.16. The number of pyridine rings is 1. The summed E-state index contributed by atoms with van der Waals surface area (Å²) in [7, 11) is 0. The van der Waals surface area contributed by atoms with Crippen LogP contribution in [-0.4, -0.2) is 28.5 Å². The van der Waals surface area contributed by atoms with Gasteiger partial charge in [0.1, 0.15) is 5.76 Å². The van der Waals surface area contributed by atoms with E-state index in [1.807, 2.05) is 43.1 Å². The lowest BCUT2D eigenvalue weighted by Gasteiger charge is -2.28. The first kappa shape index (κ1) is 15.6. The Kier molecular flexibility index (Phi) is 4.65. The molecule has 0 aromatic carbocycles. The monoisotopic (exact) mass is 313 g/mol. The lowest BCUT2D eigenvalue weighted by atomic mass is 10.2. The Balaban J connectivity index is 1.55. The van der Waals surface area contributed by atoms with Gasteiger partial charge >= 0.3 is 6.03 Å². The van der Waals surface area contributed by atoms with Crippen molar-refractivity contribution in [3.8, 4) is 0 Å². The third-order valence-electron chi connectivity index (χ3n) is 4.21. The van der Waals surface area contributed by atoms with Gasteiger partial charge in [-0.2, -0.15) is 0 Å². The van der Waals surface area contributed by atoms with E-state index in [9.17, 15) is 4.79 Å². The van der Waals surface area contributed by atoms with E-state index < -0.39 is 0 Å². The molecule has 0 spiro atoms. The zero-order chi connectivity index (χ0) is 16.2. The van der Waals surface area contributed by atoms with E-state index in [4.69, 9.17) is 4.42 Å². The van der Waals surface area contributed by atoms with Gasteiger partial charge in [-0.05, 0) is 56.9 Å². The lowest BCUT2D eigenvalue weighted by Crippen LogP contribution is -2.43. The number of amides is 2. The standard InChI is InChI=1S/C18H23N3O2/c1-13-5-6-15(12-20-13)9-10-19-18(22)21(16-7-8-16)14(2)17-4-3-11-23-17/h3-6,11-12,14,16H,7-10H2,1-2H3,(H,19,22). The first-order chi connectivity index (χ1) is 11.1. The van der Waals surface area contributed by atoms with Crippen LogP contribution in [-0.2, 0) is 6.42 Å². The van der Waals surface area contributed by atoms with Crippen LogP contribution >= 0.6 is 0 Å². The van der Waals surface area contributed by atoms with Gasteiger partial charge in [0.25, 0.3) is 0 Å². The Hall–Kier alpha value is -2.30. The molecular weight excluding hydrogens is 290 g/mol. The molecule has 1 N–H and O–H groups in total. The molecule has 5 nitrogen and oxygen atoms in total. The van der Waals surface area contributed by atoms with E-state index in [0.717, 1.165) is 36.3 Å². The number of aromatic nitrogens is 1. The topological polar surface area (TPSA) is 58.4 Å². The average molecular weight is 313 g/mol. The van der Waals surface area contributed by atoms with Crippen molar-refractivity contribution < 1.29 is 9.21 Å². The smallest absolute Gasteiger partial charge is 0.318 e. The number of urea groups is 1. The van der Waals surface area contributed by atoms with Crippen LogP contribution in [0.15, 0.2) is 41.1 Å². The molecule has 122 valence electrons. The van der Waals surface area contributed by atoms with Gasteiger partial charge in [-0.3, -0.25) is 4.98 Å². The molecule has 1 unspecified atom stereocenters. The van der Waals surface area contributed by atoms with Gasteiger partial charge in [-0.15, -0.1) is 0 Å². The Bertz CT molecular complexity index is 633. The number of nitrogens with zero attached hydrogens (tertiary/aromatic N) is 2. The van der Waals surface area contributed by atoms with Crippen molar-refractivity contribution in [3.63, 3.8) is 0 Å². The van der Waals surface area contributed by atoms with Crippen molar-refractivity contribution in [3.05, 3.63) is 53.7 Å². The van der Waals surface area contributed by atoms with Crippen LogP contribution in [0.2, 0.25) is 0 Å². The molecule has 1 fully saturated rings. The molecule has 0 aliphatic heterocycles. The van der Waals surface area contributed by atoms with E-state index in [-0.39, 0.29) is 12.1 Å². The molecule has 1 atom stereocenters. The van der Waals surface area contributed by atoms with Crippen molar-refractivity contribution >= 4 is 6.03 Å². The summed E-state index contributed by atoms with van der Waals surface area (Å²) >= 11 is 0. The van der Waals surface area contributed by atoms with Gasteiger partial charge in [0, 0.05) is 24.5 Å². The van der Waals surface area contributed by atoms with Gasteiger partial charge < -0.3 is 14.6 Å². The highest BCUT2D eigenvalue weighted by Gasteiger charge is 2.37. The van der Waals surface area contributed by atoms with Crippen LogP contribution in [0.5, 0.6) is 0 Å². The van der Waals surface area contributed by atoms with Gasteiger partial charge in [-0.25, -0.2) is 4.79 Å². The first-order valence-corrected chi connectivity index (χ1v) is 8.16. The maximum absolute atomic E-state index is 12.6. The molecule has 2 aromatic rings. The molecule has 23 heavy (non-hydrogen) atoms. The van der Waals surface area contributed by atoms with Crippen LogP contribution in [0.1, 0.15) is 42.8 Å². The van der Waals surface area contributed by atoms with E-state index in [1.54, 1.807) is 6.26 Å². The Morgan fingerprint density at radius 2 is 2.26 bits per heavy atom. The third-order valence-corrected chi connectivity index (χ3v) is 4.21. The van der Waals surface area contributed by atoms with Crippen molar-refractivity contribution in [1.29, 1.82) is 0 Å². The van der Waals surface area contributed by atoms with Gasteiger partial charge in [0.2, 0.25) is 0 Å². The molecule has 5 heteroatoms. The third kappa shape index (κ3) is 3.92. The second-order valence-electron chi connectivity index (χ2n) is 6.12. The summed E-state index contributed by atoms with van der Waals surface area (Å²) in [5.74, 6) is 0.829. The summed E-state index contributed by atoms with van der Waals surface area (Å²) in [5, 5.41) is 3.03. The molecular formula is C18H23N3O2. The minimum atomic E-state index is -0.0430. The zero-order valence-electron chi connectivity index (χ0n) is 13.7. The summed E-state index contributed by atoms with van der Waals surface area (Å²) in [6.07, 6.45) is 6.44. The summed E-state index contributed by atoms with van der Waals surface area (Å²) in [4.78, 5) is 18.7. The minimum absolute atomic E-state index is 0.0172. The normalized spacial score (nSPS) is 15.2. The second kappa shape index (κ2) is 6.86. The number of hydrogen-bond acceptors (Lipinski definition) is 3. The highest BCUT2D eigenvalue weighted by Crippen LogP contribution is 2.34. The van der Waals surface area contributed by atoms with Gasteiger partial charge in [0.15, 0.2) is 0 Å². The number of carbonyl (C=O) groups is 1. The second-order valence-corrected chi connectivity index (χ2v) is 6.12. The Morgan fingerprint density at radius 3 is 2.87 bits per heavy atom. The SMILES string of the molecule is Cc1ccc(CCNC(=O)N(C2CC2)C(C)c2ccco2)cn1. The molecule has 2 aromatic heterocycles. The summed E-state index contributed by atoms with van der Waals surface area (Å²) in [6, 6.07) is 8.10. The van der Waals surface area contributed by atoms with Crippen molar-refractivity contribution in [2.75, 3.05) is 6.54 Å². The molecule has 0 radical (unpaired) electrons. The molecule has 2 amide bonds. The van der Waals surface area contributed by atoms with Crippen molar-refractivity contribution in [2.24, 2.45) is 0 Å². The van der Waals surface area contributed by atoms with Crippen LogP contribution < -0.4 is 5.32 Å². The fourth-order valence-corrected chi connectivity index (χ4v) is 2.73. The van der Waals surface area contributed by atoms with Crippen LogP contribution in [0.4, 0.5) is 4.79 Å². The maximum Gasteiger partial charge on any atom is 0.318 e. The number of carbonyl (C=O) groups excluding carboxylic acids is 1.